The molecule has 1 fully saturated rings. The Hall–Kier alpha value is -6.25. The average Bonchev–Trinajstić information content (AvgIpc) is 1.39. The Balaban J connectivity index is 0.000000111. The number of Topliss-reactive ketones (excluding diaryl/α,β-unsaturated/α-hetero) is 5. The molecule has 0 N–H and O–H groups in total. The molecule has 7 heterocycles. The molecule has 18 heteroatoms. The van der Waals surface area contributed by atoms with E-state index in [2.05, 4.69) is 163 Å². The number of allylic oxidation sites excluding steroid dienone is 10. The molecule has 3 atom stereocenters. The van der Waals surface area contributed by atoms with Crippen molar-refractivity contribution in [3.8, 4) is 0 Å². The molecule has 0 bridgehead atoms. The summed E-state index contributed by atoms with van der Waals surface area (Å²) >= 11 is 11.8. The third-order valence-corrected chi connectivity index (χ3v) is 33.8. The van der Waals surface area contributed by atoms with Crippen molar-refractivity contribution >= 4 is 108 Å². The zero-order valence-electron chi connectivity index (χ0n) is 68.8. The van der Waals surface area contributed by atoms with Crippen LogP contribution in [0.5, 0.6) is 0 Å². The summed E-state index contributed by atoms with van der Waals surface area (Å²) in [6.07, 6.45) is 25.2. The van der Waals surface area contributed by atoms with E-state index in [-0.39, 0.29) is 54.5 Å². The van der Waals surface area contributed by atoms with E-state index in [0.29, 0.717) is 54.3 Å². The van der Waals surface area contributed by atoms with Crippen LogP contribution in [0.3, 0.4) is 0 Å². The Morgan fingerprint density at radius 3 is 1.19 bits per heavy atom. The fourth-order valence-electron chi connectivity index (χ4n) is 22.6. The van der Waals surface area contributed by atoms with Crippen molar-refractivity contribution in [2.24, 2.45) is 27.1 Å². The number of hydrogen-bond donors (Lipinski definition) is 0. The van der Waals surface area contributed by atoms with E-state index < -0.39 is 5.41 Å². The number of carbonyl (C=O) groups excluding carboxylic acids is 5. The summed E-state index contributed by atoms with van der Waals surface area (Å²) < 4.78 is 8.10. The molecule has 584 valence electrons. The van der Waals surface area contributed by atoms with Gasteiger partial charge in [0.1, 0.15) is 5.01 Å². The fourth-order valence-corrected chi connectivity index (χ4v) is 30.2. The molecule has 0 amide bonds. The Bertz CT molecular complexity index is 5040. The Labute approximate surface area is 687 Å². The van der Waals surface area contributed by atoms with Crippen LogP contribution in [-0.2, 0) is 83.2 Å². The van der Waals surface area contributed by atoms with E-state index in [4.69, 9.17) is 1.37 Å². The SMILES string of the molecule is CC1(C)CC(=O)C2=C(Cc3ncsc3C23CCCCC3)C1.CCC1(CC)C2=C(Cc3ncsc31)CC(C)(C)CC2=O.CCC1(c2cccs2)C2=C(Cc3ncsc31)CC(C)(C)CC2=O.CCC1(c2nccs2)C2=C(Cc3ncsc31)CC(C)(C)CC2=O.[2H]c1nc2c(s1)C(CC)(c1ccccc1)C1=C(C2)CC(C)(C)CC1=O. The van der Waals surface area contributed by atoms with Crippen LogP contribution < -0.4 is 0 Å². The molecule has 111 heavy (non-hydrogen) atoms. The number of benzene rings is 1. The van der Waals surface area contributed by atoms with Crippen molar-refractivity contribution in [1.82, 2.24) is 29.9 Å². The summed E-state index contributed by atoms with van der Waals surface area (Å²) in [5, 5.41) is 5.18. The molecule has 0 saturated heterocycles. The number of ketones is 5. The Morgan fingerprint density at radius 1 is 0.351 bits per heavy atom. The third-order valence-electron chi connectivity index (χ3n) is 26.7. The number of nitrogens with zero attached hydrogens (tertiary/aromatic N) is 6. The van der Waals surface area contributed by atoms with Crippen molar-refractivity contribution in [3.05, 3.63) is 211 Å². The second-order valence-corrected chi connectivity index (χ2v) is 43.5. The van der Waals surface area contributed by atoms with Crippen molar-refractivity contribution in [2.75, 3.05) is 0 Å². The smallest absolute Gasteiger partial charge is 0.160 e. The molecule has 3 unspecified atom stereocenters. The lowest BCUT2D eigenvalue weighted by Crippen LogP contribution is -2.42. The van der Waals surface area contributed by atoms with E-state index in [1.807, 2.05) is 51.8 Å². The van der Waals surface area contributed by atoms with Gasteiger partial charge in [0.2, 0.25) is 0 Å². The van der Waals surface area contributed by atoms with Crippen molar-refractivity contribution in [2.45, 2.75) is 291 Å². The van der Waals surface area contributed by atoms with Crippen molar-refractivity contribution in [1.29, 1.82) is 0 Å². The van der Waals surface area contributed by atoms with Crippen LogP contribution in [0.4, 0.5) is 0 Å². The maximum absolute atomic E-state index is 13.3. The van der Waals surface area contributed by atoms with Gasteiger partial charge in [-0.3, -0.25) is 24.0 Å². The van der Waals surface area contributed by atoms with Gasteiger partial charge in [0, 0.05) is 144 Å². The molecule has 8 aromatic rings. The van der Waals surface area contributed by atoms with Crippen LogP contribution in [0.25, 0.3) is 0 Å². The molecule has 7 aromatic heterocycles. The first kappa shape index (κ1) is 78.6. The fraction of sp³-hybridized carbons (Fsp3) is 0.538. The van der Waals surface area contributed by atoms with E-state index in [1.54, 1.807) is 68.0 Å². The van der Waals surface area contributed by atoms with Gasteiger partial charge in [-0.2, -0.15) is 0 Å². The lowest BCUT2D eigenvalue weighted by atomic mass is 9.58. The maximum atomic E-state index is 13.3. The van der Waals surface area contributed by atoms with Gasteiger partial charge in [0.15, 0.2) is 28.9 Å². The molecule has 0 radical (unpaired) electrons. The van der Waals surface area contributed by atoms with Crippen molar-refractivity contribution < 1.29 is 25.3 Å². The summed E-state index contributed by atoms with van der Waals surface area (Å²) in [5.74, 6) is 1.77. The maximum Gasteiger partial charge on any atom is 0.160 e. The molecule has 0 aliphatic heterocycles. The normalized spacial score (nSPS) is 25.7. The monoisotopic (exact) mass is 1620 g/mol. The highest BCUT2D eigenvalue weighted by molar-refractivity contribution is 7.12. The van der Waals surface area contributed by atoms with Crippen LogP contribution in [-0.4, -0.2) is 58.8 Å². The summed E-state index contributed by atoms with van der Waals surface area (Å²) in [6, 6.07) is 14.6. The first-order valence-corrected chi connectivity index (χ1v) is 46.8. The van der Waals surface area contributed by atoms with Gasteiger partial charge in [0.05, 0.1) is 73.6 Å². The van der Waals surface area contributed by atoms with Crippen LogP contribution >= 0.6 is 79.4 Å². The summed E-state index contributed by atoms with van der Waals surface area (Å²) in [7, 11) is 0. The zero-order chi connectivity index (χ0) is 79.5. The number of thiophene rings is 1. The minimum absolute atomic E-state index is 0.00338. The van der Waals surface area contributed by atoms with E-state index in [0.717, 1.165) is 165 Å². The minimum atomic E-state index is -0.436. The second kappa shape index (κ2) is 30.1. The van der Waals surface area contributed by atoms with Crippen LogP contribution in [0.1, 0.15) is 302 Å². The van der Waals surface area contributed by atoms with Gasteiger partial charge in [-0.1, -0.05) is 187 Å². The topological polar surface area (TPSA) is 163 Å². The van der Waals surface area contributed by atoms with Crippen LogP contribution in [0.2, 0.25) is 0 Å². The molecule has 11 aliphatic carbocycles. The average molecular weight is 1620 g/mol. The van der Waals surface area contributed by atoms with Crippen LogP contribution in [0.15, 0.2) is 143 Å². The van der Waals surface area contributed by atoms with E-state index in [1.165, 1.54) is 106 Å². The number of fused-ring (bicyclic) bond motifs is 7. The van der Waals surface area contributed by atoms with Crippen LogP contribution in [0, 0.1) is 27.1 Å². The zero-order valence-corrected chi connectivity index (χ0v) is 73.6. The molecule has 11 aliphatic rings. The molecule has 1 aromatic carbocycles. The van der Waals surface area contributed by atoms with Gasteiger partial charge < -0.3 is 0 Å². The molecular weight excluding hydrogens is 1510 g/mol. The molecule has 1 saturated carbocycles. The number of aromatic nitrogens is 6. The first-order chi connectivity index (χ1) is 53.3. The highest BCUT2D eigenvalue weighted by Gasteiger charge is 2.56. The predicted molar refractivity (Wildman–Crippen MR) is 457 cm³/mol. The standard InChI is InChI=1S/C21H23NOS.C19H21NOS2.C18H20N2OS2.C18H23NOS.C17H23NOS/c1-4-21(15-8-6-5-7-9-15)18-14(10-16-19(21)24-13-22-16)11-20(2,3)12-17(18)23;1-4-19(15-6-5-7-22-15)16-12(8-13-17(19)23-11-20-13)9-18(2,3)10-14(16)21;1-4-18(16-19-5-6-22-16)14-11(7-12-15(18)23-10-20-12)8-17(2,3)9-13(14)21;1-17(2)9-12-8-13-16(21-11-19-13)18(6-4-3-5-7-18)15(12)14(20)10-17;1-5-17(6-2)14-11(7-12-15(17)20-10-18-12)8-16(3,4)9-13(14)19/h5-9,13H,4,10-12H2,1-3H3;5-7,11H,4,8-10H2,1-3H3;5-6,10H,4,7-9H2,1-3H3;11H,3-10H2,1-2H3;10H,5-9H2,1-4H3/i13D;;;;. The van der Waals surface area contributed by atoms with E-state index >= 15 is 0 Å². The number of rotatable bonds is 8. The Morgan fingerprint density at radius 2 is 0.739 bits per heavy atom. The van der Waals surface area contributed by atoms with Gasteiger partial charge >= 0.3 is 0 Å². The minimum Gasteiger partial charge on any atom is -0.294 e. The second-order valence-electron chi connectivity index (χ2n) is 37.5. The van der Waals surface area contributed by atoms with Gasteiger partial charge in [-0.15, -0.1) is 79.4 Å². The third kappa shape index (κ3) is 13.8. The highest BCUT2D eigenvalue weighted by atomic mass is 32.1. The molecule has 11 nitrogen and oxygen atoms in total. The lowest BCUT2D eigenvalue weighted by molar-refractivity contribution is -0.120. The quantitative estimate of drug-likeness (QED) is 0.142. The largest absolute Gasteiger partial charge is 0.294 e. The summed E-state index contributed by atoms with van der Waals surface area (Å²) in [6.45, 7) is 33.1. The molecule has 19 rings (SSSR count). The molecule has 1 spiro atoms. The number of carbonyl (C=O) groups is 5. The Kier molecular flexibility index (Phi) is 21.3. The van der Waals surface area contributed by atoms with Gasteiger partial charge in [-0.25, -0.2) is 29.9 Å². The number of hydrogen-bond acceptors (Lipinski definition) is 18. The van der Waals surface area contributed by atoms with Gasteiger partial charge in [-0.05, 0) is 121 Å². The highest BCUT2D eigenvalue weighted by Crippen LogP contribution is 2.62. The molecular formula is C93H110N6O5S7. The number of thiazole rings is 6. The predicted octanol–water partition coefficient (Wildman–Crippen LogP) is 23.8. The first-order valence-electron chi connectivity index (χ1n) is 41.2. The van der Waals surface area contributed by atoms with Gasteiger partial charge in [0.25, 0.3) is 0 Å². The lowest BCUT2D eigenvalue weighted by Gasteiger charge is -2.46. The summed E-state index contributed by atoms with van der Waals surface area (Å²) in [4.78, 5) is 101. The summed E-state index contributed by atoms with van der Waals surface area (Å²) in [5.41, 5.74) is 26.6. The van der Waals surface area contributed by atoms with Crippen molar-refractivity contribution in [3.63, 3.8) is 0 Å². The van der Waals surface area contributed by atoms with E-state index in [9.17, 15) is 24.0 Å².